The molecule has 3 rings (SSSR count). The predicted octanol–water partition coefficient (Wildman–Crippen LogP) is 2.15. The van der Waals surface area contributed by atoms with Gasteiger partial charge in [0.1, 0.15) is 11.2 Å². The van der Waals surface area contributed by atoms with Gasteiger partial charge in [-0.1, -0.05) is 0 Å². The van der Waals surface area contributed by atoms with Crippen molar-refractivity contribution in [3.63, 3.8) is 0 Å². The molecule has 0 saturated carbocycles. The summed E-state index contributed by atoms with van der Waals surface area (Å²) in [5.41, 5.74) is 0.947. The van der Waals surface area contributed by atoms with Crippen molar-refractivity contribution in [2.75, 3.05) is 6.54 Å². The second-order valence-electron chi connectivity index (χ2n) is 5.91. The second-order valence-corrected chi connectivity index (χ2v) is 5.91. The Hall–Kier alpha value is -2.24. The molecule has 0 spiro atoms. The Kier molecular flexibility index (Phi) is 3.68. The third-order valence-corrected chi connectivity index (χ3v) is 4.35. The minimum absolute atomic E-state index is 0.0442. The van der Waals surface area contributed by atoms with Gasteiger partial charge >= 0.3 is 0 Å². The Labute approximate surface area is 130 Å². The fourth-order valence-corrected chi connectivity index (χ4v) is 3.02. The van der Waals surface area contributed by atoms with Crippen LogP contribution in [-0.2, 0) is 12.1 Å². The highest BCUT2D eigenvalue weighted by atomic mass is 16.2. The van der Waals surface area contributed by atoms with Crippen molar-refractivity contribution in [3.05, 3.63) is 41.7 Å². The SMILES string of the molecule is CCn1ccc(C(=O)N2CCCC2(C)c2nccc(C)n2)n1. The summed E-state index contributed by atoms with van der Waals surface area (Å²) in [6, 6.07) is 3.65. The first-order valence-electron chi connectivity index (χ1n) is 7.70. The molecule has 1 fully saturated rings. The zero-order valence-electron chi connectivity index (χ0n) is 13.3. The molecular formula is C16H21N5O. The monoisotopic (exact) mass is 299 g/mol. The maximum absolute atomic E-state index is 12.8. The van der Waals surface area contributed by atoms with Crippen LogP contribution in [-0.4, -0.2) is 37.1 Å². The number of aromatic nitrogens is 4. The normalized spacial score (nSPS) is 21.3. The van der Waals surface area contributed by atoms with Crippen molar-refractivity contribution in [2.45, 2.75) is 45.7 Å². The molecule has 1 aliphatic rings. The largest absolute Gasteiger partial charge is 0.325 e. The zero-order chi connectivity index (χ0) is 15.7. The highest BCUT2D eigenvalue weighted by molar-refractivity contribution is 5.93. The molecule has 116 valence electrons. The van der Waals surface area contributed by atoms with E-state index < -0.39 is 5.54 Å². The molecule has 0 radical (unpaired) electrons. The van der Waals surface area contributed by atoms with Gasteiger partial charge in [0.15, 0.2) is 5.82 Å². The summed E-state index contributed by atoms with van der Waals surface area (Å²) < 4.78 is 1.77. The molecule has 3 heterocycles. The molecule has 6 nitrogen and oxygen atoms in total. The molecule has 22 heavy (non-hydrogen) atoms. The molecule has 0 bridgehead atoms. The highest BCUT2D eigenvalue weighted by Crippen LogP contribution is 2.37. The molecule has 1 atom stereocenters. The number of aryl methyl sites for hydroxylation is 2. The number of carbonyl (C=O) groups is 1. The Morgan fingerprint density at radius 2 is 2.23 bits per heavy atom. The molecular weight excluding hydrogens is 278 g/mol. The number of amides is 1. The van der Waals surface area contributed by atoms with Gasteiger partial charge in [-0.3, -0.25) is 9.48 Å². The summed E-state index contributed by atoms with van der Waals surface area (Å²) in [4.78, 5) is 23.7. The van der Waals surface area contributed by atoms with E-state index in [9.17, 15) is 4.79 Å². The van der Waals surface area contributed by atoms with Crippen molar-refractivity contribution in [1.29, 1.82) is 0 Å². The molecule has 1 aliphatic heterocycles. The van der Waals surface area contributed by atoms with Gasteiger partial charge in [0.2, 0.25) is 0 Å². The Morgan fingerprint density at radius 3 is 2.91 bits per heavy atom. The van der Waals surface area contributed by atoms with E-state index in [1.807, 2.05) is 37.9 Å². The minimum atomic E-state index is -0.459. The van der Waals surface area contributed by atoms with E-state index in [1.165, 1.54) is 0 Å². The van der Waals surface area contributed by atoms with E-state index in [4.69, 9.17) is 0 Å². The van der Waals surface area contributed by atoms with Crippen molar-refractivity contribution in [1.82, 2.24) is 24.6 Å². The van der Waals surface area contributed by atoms with E-state index in [-0.39, 0.29) is 5.91 Å². The lowest BCUT2D eigenvalue weighted by molar-refractivity contribution is 0.0596. The van der Waals surface area contributed by atoms with Gasteiger partial charge < -0.3 is 4.90 Å². The van der Waals surface area contributed by atoms with Crippen LogP contribution in [0.5, 0.6) is 0 Å². The average molecular weight is 299 g/mol. The topological polar surface area (TPSA) is 63.9 Å². The van der Waals surface area contributed by atoms with Gasteiger partial charge in [-0.25, -0.2) is 9.97 Å². The van der Waals surface area contributed by atoms with Crippen LogP contribution in [0.1, 0.15) is 48.7 Å². The van der Waals surface area contributed by atoms with Gasteiger partial charge in [0.25, 0.3) is 5.91 Å². The summed E-state index contributed by atoms with van der Waals surface area (Å²) in [5.74, 6) is 0.672. The first kappa shape index (κ1) is 14.7. The van der Waals surface area contributed by atoms with Gasteiger partial charge in [-0.15, -0.1) is 0 Å². The van der Waals surface area contributed by atoms with Gasteiger partial charge in [-0.05, 0) is 45.7 Å². The van der Waals surface area contributed by atoms with Crippen LogP contribution >= 0.6 is 0 Å². The fourth-order valence-electron chi connectivity index (χ4n) is 3.02. The lowest BCUT2D eigenvalue weighted by Gasteiger charge is -2.33. The molecule has 2 aromatic rings. The van der Waals surface area contributed by atoms with Crippen LogP contribution in [0.25, 0.3) is 0 Å². The van der Waals surface area contributed by atoms with Crippen LogP contribution in [0, 0.1) is 6.92 Å². The van der Waals surface area contributed by atoms with Crippen molar-refractivity contribution in [2.24, 2.45) is 0 Å². The van der Waals surface area contributed by atoms with Crippen LogP contribution in [0.3, 0.4) is 0 Å². The summed E-state index contributed by atoms with van der Waals surface area (Å²) in [5, 5.41) is 4.33. The summed E-state index contributed by atoms with van der Waals surface area (Å²) >= 11 is 0. The van der Waals surface area contributed by atoms with Crippen molar-refractivity contribution >= 4 is 5.91 Å². The smallest absolute Gasteiger partial charge is 0.275 e. The Morgan fingerprint density at radius 1 is 1.41 bits per heavy atom. The third kappa shape index (κ3) is 2.38. The van der Waals surface area contributed by atoms with E-state index in [1.54, 1.807) is 16.9 Å². The van der Waals surface area contributed by atoms with E-state index >= 15 is 0 Å². The molecule has 0 N–H and O–H groups in total. The number of hydrogen-bond acceptors (Lipinski definition) is 4. The van der Waals surface area contributed by atoms with Crippen LogP contribution < -0.4 is 0 Å². The molecule has 0 aromatic carbocycles. The maximum atomic E-state index is 12.8. The van der Waals surface area contributed by atoms with Gasteiger partial charge in [-0.2, -0.15) is 5.10 Å². The van der Waals surface area contributed by atoms with Crippen molar-refractivity contribution in [3.8, 4) is 0 Å². The zero-order valence-corrected chi connectivity index (χ0v) is 13.3. The fraction of sp³-hybridized carbons (Fsp3) is 0.500. The number of carbonyl (C=O) groups excluding carboxylic acids is 1. The lowest BCUT2D eigenvalue weighted by Crippen LogP contribution is -2.44. The Balaban J connectivity index is 1.93. The molecule has 0 aliphatic carbocycles. The van der Waals surface area contributed by atoms with E-state index in [2.05, 4.69) is 15.1 Å². The molecule has 1 amide bonds. The number of likely N-dealkylation sites (tertiary alicyclic amines) is 1. The summed E-state index contributed by atoms with van der Waals surface area (Å²) in [7, 11) is 0. The quantitative estimate of drug-likeness (QED) is 0.871. The molecule has 1 unspecified atom stereocenters. The van der Waals surface area contributed by atoms with Gasteiger partial charge in [0.05, 0.1) is 0 Å². The molecule has 2 aromatic heterocycles. The number of nitrogens with zero attached hydrogens (tertiary/aromatic N) is 5. The van der Waals surface area contributed by atoms with Crippen LogP contribution in [0.15, 0.2) is 24.5 Å². The van der Waals surface area contributed by atoms with E-state index in [0.29, 0.717) is 18.1 Å². The number of hydrogen-bond donors (Lipinski definition) is 0. The van der Waals surface area contributed by atoms with Crippen LogP contribution in [0.4, 0.5) is 0 Å². The first-order valence-corrected chi connectivity index (χ1v) is 7.70. The Bertz CT molecular complexity index is 695. The van der Waals surface area contributed by atoms with E-state index in [0.717, 1.165) is 25.1 Å². The standard InChI is InChI=1S/C16H21N5O/c1-4-20-11-7-13(19-20)14(22)21-10-5-8-16(21,3)15-17-9-6-12(2)18-15/h6-7,9,11H,4-5,8,10H2,1-3H3. The maximum Gasteiger partial charge on any atom is 0.275 e. The molecule has 6 heteroatoms. The highest BCUT2D eigenvalue weighted by Gasteiger charge is 2.44. The molecule has 1 saturated heterocycles. The van der Waals surface area contributed by atoms with Crippen molar-refractivity contribution < 1.29 is 4.79 Å². The summed E-state index contributed by atoms with van der Waals surface area (Å²) in [6.45, 7) is 7.46. The third-order valence-electron chi connectivity index (χ3n) is 4.35. The predicted molar refractivity (Wildman–Crippen MR) is 82.3 cm³/mol. The minimum Gasteiger partial charge on any atom is -0.325 e. The average Bonchev–Trinajstić information content (AvgIpc) is 3.14. The number of rotatable bonds is 3. The second kappa shape index (κ2) is 5.51. The lowest BCUT2D eigenvalue weighted by atomic mass is 9.97. The van der Waals surface area contributed by atoms with Gasteiger partial charge in [0, 0.05) is 31.2 Å². The van der Waals surface area contributed by atoms with Crippen LogP contribution in [0.2, 0.25) is 0 Å². The summed E-state index contributed by atoms with van der Waals surface area (Å²) in [6.07, 6.45) is 5.42. The first-order chi connectivity index (χ1) is 10.5.